The van der Waals surface area contributed by atoms with Crippen molar-refractivity contribution in [1.82, 2.24) is 0 Å². The van der Waals surface area contributed by atoms with Gasteiger partial charge in [-0.1, -0.05) is 12.6 Å². The molecule has 0 bridgehead atoms. The molecule has 0 unspecified atom stereocenters. The van der Waals surface area contributed by atoms with Gasteiger partial charge in [0.15, 0.2) is 5.43 Å². The molecule has 0 spiro atoms. The summed E-state index contributed by atoms with van der Waals surface area (Å²) in [6.07, 6.45) is 1.36. The van der Waals surface area contributed by atoms with Crippen LogP contribution in [0.5, 0.6) is 5.75 Å². The summed E-state index contributed by atoms with van der Waals surface area (Å²) in [5.41, 5.74) is 11.1. The standard InChI is InChI=1S/C22H17NO3/c1-3-25-16-6-9-19-21(12-16)26-20-11-15(24)5-8-18(20)22(19)17-7-4-14(23)10-13(17)2/h3-12H,1,23H2,2H3. The highest BCUT2D eigenvalue weighted by molar-refractivity contribution is 6.02. The van der Waals surface area contributed by atoms with E-state index in [9.17, 15) is 4.79 Å². The maximum Gasteiger partial charge on any atom is 0.182 e. The molecule has 1 heterocycles. The maximum absolute atomic E-state index is 11.8. The Bertz CT molecular complexity index is 1170. The van der Waals surface area contributed by atoms with Crippen LogP contribution in [0, 0.1) is 6.92 Å². The first kappa shape index (κ1) is 16.0. The van der Waals surface area contributed by atoms with Crippen molar-refractivity contribution in [3.05, 3.63) is 83.2 Å². The molecule has 0 amide bonds. The molecule has 0 radical (unpaired) electrons. The van der Waals surface area contributed by atoms with Crippen LogP contribution in [0.2, 0.25) is 0 Å². The molecule has 4 nitrogen and oxygen atoms in total. The van der Waals surface area contributed by atoms with Gasteiger partial charge in [0.05, 0.1) is 6.26 Å². The molecule has 0 saturated heterocycles. The van der Waals surface area contributed by atoms with Gasteiger partial charge in [-0.25, -0.2) is 0 Å². The van der Waals surface area contributed by atoms with Crippen LogP contribution in [0.25, 0.3) is 33.4 Å². The minimum Gasteiger partial charge on any atom is -0.465 e. The van der Waals surface area contributed by atoms with E-state index in [0.717, 1.165) is 27.6 Å². The Labute approximate surface area is 150 Å². The van der Waals surface area contributed by atoms with E-state index in [2.05, 4.69) is 6.58 Å². The van der Waals surface area contributed by atoms with E-state index in [1.165, 1.54) is 12.3 Å². The minimum atomic E-state index is -0.0981. The lowest BCUT2D eigenvalue weighted by molar-refractivity contribution is 0.482. The number of nitrogens with two attached hydrogens (primary N) is 1. The summed E-state index contributed by atoms with van der Waals surface area (Å²) in [5, 5.41) is 0.931. The van der Waals surface area contributed by atoms with Crippen molar-refractivity contribution in [3.63, 3.8) is 0 Å². The molecule has 2 aliphatic rings. The Balaban J connectivity index is 2.14. The van der Waals surface area contributed by atoms with Gasteiger partial charge in [0, 0.05) is 34.3 Å². The highest BCUT2D eigenvalue weighted by Gasteiger charge is 2.19. The number of ether oxygens (including phenoxy) is 1. The fourth-order valence-electron chi connectivity index (χ4n) is 3.28. The zero-order valence-corrected chi connectivity index (χ0v) is 14.3. The third kappa shape index (κ3) is 2.62. The Hall–Kier alpha value is -3.53. The average Bonchev–Trinajstić information content (AvgIpc) is 2.60. The molecule has 4 heteroatoms. The largest absolute Gasteiger partial charge is 0.465 e. The molecule has 0 aromatic heterocycles. The van der Waals surface area contributed by atoms with Crippen LogP contribution in [-0.4, -0.2) is 0 Å². The van der Waals surface area contributed by atoms with E-state index in [0.29, 0.717) is 22.8 Å². The lowest BCUT2D eigenvalue weighted by Crippen LogP contribution is -2.00. The molecular formula is C22H17NO3. The quantitative estimate of drug-likeness (QED) is 0.324. The third-order valence-electron chi connectivity index (χ3n) is 4.40. The molecule has 0 atom stereocenters. The molecule has 0 saturated carbocycles. The Morgan fingerprint density at radius 3 is 2.62 bits per heavy atom. The number of hydrogen-bond donors (Lipinski definition) is 1. The second-order valence-corrected chi connectivity index (χ2v) is 6.15. The third-order valence-corrected chi connectivity index (χ3v) is 4.40. The van der Waals surface area contributed by atoms with Gasteiger partial charge in [0.1, 0.15) is 17.1 Å². The van der Waals surface area contributed by atoms with Gasteiger partial charge in [0.25, 0.3) is 0 Å². The zero-order chi connectivity index (χ0) is 18.3. The highest BCUT2D eigenvalue weighted by Crippen LogP contribution is 2.42. The van der Waals surface area contributed by atoms with E-state index in [1.807, 2.05) is 37.3 Å². The number of nitrogen functional groups attached to an aromatic ring is 1. The number of rotatable bonds is 3. The van der Waals surface area contributed by atoms with Gasteiger partial charge in [0.2, 0.25) is 0 Å². The summed E-state index contributed by atoms with van der Waals surface area (Å²) in [5.74, 6) is 1.15. The van der Waals surface area contributed by atoms with Crippen molar-refractivity contribution in [2.75, 3.05) is 5.73 Å². The van der Waals surface area contributed by atoms with Crippen LogP contribution in [0.1, 0.15) is 5.56 Å². The number of anilines is 1. The smallest absolute Gasteiger partial charge is 0.182 e. The predicted molar refractivity (Wildman–Crippen MR) is 105 cm³/mol. The molecule has 2 aromatic carbocycles. The average molecular weight is 343 g/mol. The fourth-order valence-corrected chi connectivity index (χ4v) is 3.28. The highest BCUT2D eigenvalue weighted by atomic mass is 16.5. The van der Waals surface area contributed by atoms with Crippen molar-refractivity contribution in [1.29, 1.82) is 0 Å². The molecule has 128 valence electrons. The first-order valence-electron chi connectivity index (χ1n) is 8.21. The molecule has 1 aliphatic carbocycles. The van der Waals surface area contributed by atoms with Gasteiger partial charge >= 0.3 is 0 Å². The van der Waals surface area contributed by atoms with Crippen LogP contribution in [0.15, 0.2) is 76.7 Å². The lowest BCUT2D eigenvalue weighted by atomic mass is 9.91. The van der Waals surface area contributed by atoms with Crippen molar-refractivity contribution in [2.24, 2.45) is 0 Å². The van der Waals surface area contributed by atoms with E-state index in [4.69, 9.17) is 14.9 Å². The Morgan fingerprint density at radius 2 is 1.85 bits per heavy atom. The first-order valence-corrected chi connectivity index (χ1v) is 8.21. The van der Waals surface area contributed by atoms with Gasteiger partial charge in [-0.2, -0.15) is 0 Å². The van der Waals surface area contributed by atoms with Gasteiger partial charge in [-0.15, -0.1) is 0 Å². The number of hydrogen-bond acceptors (Lipinski definition) is 4. The van der Waals surface area contributed by atoms with Gasteiger partial charge in [-0.05, 0) is 54.4 Å². The minimum absolute atomic E-state index is 0.0981. The van der Waals surface area contributed by atoms with Gasteiger partial charge < -0.3 is 14.9 Å². The summed E-state index contributed by atoms with van der Waals surface area (Å²) < 4.78 is 11.4. The molecular weight excluding hydrogens is 326 g/mol. The molecule has 2 aromatic rings. The first-order chi connectivity index (χ1) is 12.6. The normalized spacial score (nSPS) is 11.0. The fraction of sp³-hybridized carbons (Fsp3) is 0.0455. The number of aryl methyl sites for hydroxylation is 1. The SMILES string of the molecule is C=COc1ccc2c(-c3ccc(N)cc3C)c3ccc(=O)cc-3oc2c1. The van der Waals surface area contributed by atoms with E-state index in [-0.39, 0.29) is 5.43 Å². The summed E-state index contributed by atoms with van der Waals surface area (Å²) in [7, 11) is 0. The molecule has 26 heavy (non-hydrogen) atoms. The zero-order valence-electron chi connectivity index (χ0n) is 14.3. The van der Waals surface area contributed by atoms with Crippen molar-refractivity contribution >= 4 is 16.7 Å². The molecule has 1 aliphatic heterocycles. The van der Waals surface area contributed by atoms with Crippen molar-refractivity contribution in [3.8, 4) is 28.2 Å². The summed E-state index contributed by atoms with van der Waals surface area (Å²) in [6.45, 7) is 5.60. The van der Waals surface area contributed by atoms with Crippen LogP contribution in [0.3, 0.4) is 0 Å². The monoisotopic (exact) mass is 343 g/mol. The Morgan fingerprint density at radius 1 is 1.04 bits per heavy atom. The summed E-state index contributed by atoms with van der Waals surface area (Å²) in [6, 6.07) is 16.3. The second-order valence-electron chi connectivity index (χ2n) is 6.15. The van der Waals surface area contributed by atoms with E-state index in [1.54, 1.807) is 18.2 Å². The number of fused-ring (bicyclic) bond motifs is 2. The second kappa shape index (κ2) is 6.08. The van der Waals surface area contributed by atoms with Crippen molar-refractivity contribution in [2.45, 2.75) is 6.92 Å². The van der Waals surface area contributed by atoms with Crippen LogP contribution >= 0.6 is 0 Å². The maximum atomic E-state index is 11.8. The lowest BCUT2D eigenvalue weighted by Gasteiger charge is -2.17. The molecule has 4 rings (SSSR count). The summed E-state index contributed by atoms with van der Waals surface area (Å²) >= 11 is 0. The van der Waals surface area contributed by atoms with Crippen LogP contribution < -0.4 is 15.9 Å². The predicted octanol–water partition coefficient (Wildman–Crippen LogP) is 4.98. The summed E-state index contributed by atoms with van der Waals surface area (Å²) in [4.78, 5) is 11.8. The van der Waals surface area contributed by atoms with Crippen molar-refractivity contribution < 1.29 is 9.15 Å². The van der Waals surface area contributed by atoms with Crippen LogP contribution in [0.4, 0.5) is 5.69 Å². The van der Waals surface area contributed by atoms with E-state index >= 15 is 0 Å². The number of benzene rings is 3. The van der Waals surface area contributed by atoms with E-state index < -0.39 is 0 Å². The topological polar surface area (TPSA) is 65.5 Å². The molecule has 0 fully saturated rings. The van der Waals surface area contributed by atoms with Gasteiger partial charge in [-0.3, -0.25) is 4.79 Å². The van der Waals surface area contributed by atoms with Crippen LogP contribution in [-0.2, 0) is 0 Å². The molecule has 2 N–H and O–H groups in total. The Kier molecular flexibility index (Phi) is 3.73.